The standard InChI is InChI=1S/C12H16N2O/c1-12(2,3)14-11-6-5-10(15-4)7-9(11)8-13-14/h5-8H,1-4H3. The summed E-state index contributed by atoms with van der Waals surface area (Å²) in [6.45, 7) is 6.43. The van der Waals surface area contributed by atoms with Crippen LogP contribution in [0.1, 0.15) is 20.8 Å². The van der Waals surface area contributed by atoms with Crippen molar-refractivity contribution < 1.29 is 4.74 Å². The summed E-state index contributed by atoms with van der Waals surface area (Å²) in [6, 6.07) is 6.02. The first-order chi connectivity index (χ1) is 7.02. The van der Waals surface area contributed by atoms with Crippen LogP contribution in [-0.4, -0.2) is 16.9 Å². The third-order valence-corrected chi connectivity index (χ3v) is 2.41. The summed E-state index contributed by atoms with van der Waals surface area (Å²) in [5, 5.41) is 5.52. The molecule has 0 aliphatic carbocycles. The number of nitrogens with zero attached hydrogens (tertiary/aromatic N) is 2. The van der Waals surface area contributed by atoms with E-state index in [1.54, 1.807) is 7.11 Å². The first kappa shape index (κ1) is 10.0. The van der Waals surface area contributed by atoms with Gasteiger partial charge in [0.2, 0.25) is 0 Å². The third kappa shape index (κ3) is 1.69. The molecule has 2 aromatic rings. The lowest BCUT2D eigenvalue weighted by Crippen LogP contribution is -2.22. The van der Waals surface area contributed by atoms with Gasteiger partial charge in [0.05, 0.1) is 24.4 Å². The molecule has 3 nitrogen and oxygen atoms in total. The monoisotopic (exact) mass is 204 g/mol. The van der Waals surface area contributed by atoms with E-state index in [4.69, 9.17) is 4.74 Å². The van der Waals surface area contributed by atoms with Gasteiger partial charge in [-0.3, -0.25) is 4.68 Å². The number of benzene rings is 1. The molecule has 0 saturated heterocycles. The minimum Gasteiger partial charge on any atom is -0.497 e. The Bertz CT molecular complexity index is 480. The van der Waals surface area contributed by atoms with E-state index in [1.165, 1.54) is 0 Å². The molecular weight excluding hydrogens is 188 g/mol. The highest BCUT2D eigenvalue weighted by atomic mass is 16.5. The molecule has 0 radical (unpaired) electrons. The highest BCUT2D eigenvalue weighted by Gasteiger charge is 2.16. The summed E-state index contributed by atoms with van der Waals surface area (Å²) < 4.78 is 7.21. The SMILES string of the molecule is COc1ccc2c(cnn2C(C)(C)C)c1. The lowest BCUT2D eigenvalue weighted by atomic mass is 10.1. The highest BCUT2D eigenvalue weighted by molar-refractivity contribution is 5.80. The van der Waals surface area contributed by atoms with Gasteiger partial charge in [-0.15, -0.1) is 0 Å². The predicted molar refractivity (Wildman–Crippen MR) is 61.3 cm³/mol. The number of aromatic nitrogens is 2. The largest absolute Gasteiger partial charge is 0.497 e. The van der Waals surface area contributed by atoms with Crippen LogP contribution in [0.25, 0.3) is 10.9 Å². The van der Waals surface area contributed by atoms with Gasteiger partial charge in [0.15, 0.2) is 0 Å². The van der Waals surface area contributed by atoms with Gasteiger partial charge >= 0.3 is 0 Å². The summed E-state index contributed by atoms with van der Waals surface area (Å²) in [5.41, 5.74) is 1.15. The van der Waals surface area contributed by atoms with E-state index in [-0.39, 0.29) is 5.54 Å². The van der Waals surface area contributed by atoms with Crippen LogP contribution in [-0.2, 0) is 5.54 Å². The van der Waals surface area contributed by atoms with Gasteiger partial charge in [0, 0.05) is 5.39 Å². The first-order valence-corrected chi connectivity index (χ1v) is 5.04. The van der Waals surface area contributed by atoms with Crippen LogP contribution in [0.2, 0.25) is 0 Å². The number of hydrogen-bond donors (Lipinski definition) is 0. The van der Waals surface area contributed by atoms with Gasteiger partial charge in [0.1, 0.15) is 5.75 Å². The molecule has 0 bridgehead atoms. The number of ether oxygens (including phenoxy) is 1. The van der Waals surface area contributed by atoms with Crippen molar-refractivity contribution in [2.75, 3.05) is 7.11 Å². The van der Waals surface area contributed by atoms with Gasteiger partial charge in [-0.25, -0.2) is 0 Å². The summed E-state index contributed by atoms with van der Waals surface area (Å²) in [7, 11) is 1.68. The second kappa shape index (κ2) is 3.26. The van der Waals surface area contributed by atoms with Crippen LogP contribution in [0.5, 0.6) is 5.75 Å². The summed E-state index contributed by atoms with van der Waals surface area (Å²) in [4.78, 5) is 0. The fraction of sp³-hybridized carbons (Fsp3) is 0.417. The molecule has 1 heterocycles. The molecule has 0 spiro atoms. The fourth-order valence-electron chi connectivity index (χ4n) is 1.67. The Morgan fingerprint density at radius 3 is 2.60 bits per heavy atom. The van der Waals surface area contributed by atoms with Crippen LogP contribution in [0.15, 0.2) is 24.4 Å². The molecule has 1 aromatic carbocycles. The van der Waals surface area contributed by atoms with Crippen molar-refractivity contribution in [2.24, 2.45) is 0 Å². The molecule has 0 aliphatic rings. The molecule has 1 aromatic heterocycles. The Hall–Kier alpha value is -1.51. The zero-order valence-corrected chi connectivity index (χ0v) is 9.61. The molecule has 0 N–H and O–H groups in total. The van der Waals surface area contributed by atoms with Gasteiger partial charge < -0.3 is 4.74 Å². The zero-order chi connectivity index (χ0) is 11.1. The van der Waals surface area contributed by atoms with Crippen LogP contribution >= 0.6 is 0 Å². The van der Waals surface area contributed by atoms with E-state index < -0.39 is 0 Å². The molecule has 0 atom stereocenters. The molecule has 80 valence electrons. The molecule has 0 fully saturated rings. The molecule has 0 amide bonds. The smallest absolute Gasteiger partial charge is 0.119 e. The van der Waals surface area contributed by atoms with Gasteiger partial charge in [-0.05, 0) is 39.0 Å². The lowest BCUT2D eigenvalue weighted by Gasteiger charge is -2.20. The van der Waals surface area contributed by atoms with E-state index in [0.717, 1.165) is 16.7 Å². The molecule has 2 rings (SSSR count). The average Bonchev–Trinajstić information content (AvgIpc) is 2.59. The second-order valence-corrected chi connectivity index (χ2v) is 4.65. The van der Waals surface area contributed by atoms with Crippen molar-refractivity contribution in [1.82, 2.24) is 9.78 Å². The minimum atomic E-state index is 0.0103. The molecule has 0 unspecified atom stereocenters. The van der Waals surface area contributed by atoms with E-state index in [9.17, 15) is 0 Å². The topological polar surface area (TPSA) is 27.1 Å². The summed E-state index contributed by atoms with van der Waals surface area (Å²) >= 11 is 0. The molecule has 0 aliphatic heterocycles. The Morgan fingerprint density at radius 2 is 2.00 bits per heavy atom. The third-order valence-electron chi connectivity index (χ3n) is 2.41. The molecule has 3 heteroatoms. The molecule has 15 heavy (non-hydrogen) atoms. The van der Waals surface area contributed by atoms with Crippen LogP contribution in [0.4, 0.5) is 0 Å². The van der Waals surface area contributed by atoms with Crippen molar-refractivity contribution in [3.05, 3.63) is 24.4 Å². The van der Waals surface area contributed by atoms with E-state index >= 15 is 0 Å². The van der Waals surface area contributed by atoms with Crippen LogP contribution < -0.4 is 4.74 Å². The Labute approximate surface area is 89.7 Å². The Balaban J connectivity index is 2.62. The van der Waals surface area contributed by atoms with Gasteiger partial charge in [0.25, 0.3) is 0 Å². The van der Waals surface area contributed by atoms with E-state index in [2.05, 4.69) is 25.9 Å². The Kier molecular flexibility index (Phi) is 2.18. The van der Waals surface area contributed by atoms with Crippen molar-refractivity contribution in [2.45, 2.75) is 26.3 Å². The van der Waals surface area contributed by atoms with Crippen LogP contribution in [0.3, 0.4) is 0 Å². The highest BCUT2D eigenvalue weighted by Crippen LogP contribution is 2.24. The molecule has 0 saturated carbocycles. The number of fused-ring (bicyclic) bond motifs is 1. The fourth-order valence-corrected chi connectivity index (χ4v) is 1.67. The number of methoxy groups -OCH3 is 1. The Morgan fingerprint density at radius 1 is 1.27 bits per heavy atom. The van der Waals surface area contributed by atoms with E-state index in [0.29, 0.717) is 0 Å². The van der Waals surface area contributed by atoms with Crippen molar-refractivity contribution in [3.8, 4) is 5.75 Å². The minimum absolute atomic E-state index is 0.0103. The normalized spacial score (nSPS) is 12.0. The maximum absolute atomic E-state index is 5.18. The number of hydrogen-bond acceptors (Lipinski definition) is 2. The summed E-state index contributed by atoms with van der Waals surface area (Å²) in [6.07, 6.45) is 1.88. The second-order valence-electron chi connectivity index (χ2n) is 4.65. The first-order valence-electron chi connectivity index (χ1n) is 5.04. The van der Waals surface area contributed by atoms with Crippen molar-refractivity contribution in [1.29, 1.82) is 0 Å². The molecular formula is C12H16N2O. The quantitative estimate of drug-likeness (QED) is 0.714. The average molecular weight is 204 g/mol. The van der Waals surface area contributed by atoms with E-state index in [1.807, 2.05) is 29.1 Å². The predicted octanol–water partition coefficient (Wildman–Crippen LogP) is 2.80. The summed E-state index contributed by atoms with van der Waals surface area (Å²) in [5.74, 6) is 0.871. The zero-order valence-electron chi connectivity index (χ0n) is 9.61. The van der Waals surface area contributed by atoms with Crippen LogP contribution in [0, 0.1) is 0 Å². The van der Waals surface area contributed by atoms with Crippen molar-refractivity contribution >= 4 is 10.9 Å². The van der Waals surface area contributed by atoms with Gasteiger partial charge in [-0.2, -0.15) is 5.10 Å². The number of rotatable bonds is 1. The van der Waals surface area contributed by atoms with Crippen molar-refractivity contribution in [3.63, 3.8) is 0 Å². The van der Waals surface area contributed by atoms with Gasteiger partial charge in [-0.1, -0.05) is 0 Å². The lowest BCUT2D eigenvalue weighted by molar-refractivity contribution is 0.368. The maximum atomic E-state index is 5.18. The maximum Gasteiger partial charge on any atom is 0.119 e.